The molecule has 0 saturated heterocycles. The molecule has 0 aromatic heterocycles. The molecular formula is C19H30N4O16S4. The van der Waals surface area contributed by atoms with Crippen LogP contribution in [0.2, 0.25) is 0 Å². The molecule has 0 radical (unpaired) electrons. The van der Waals surface area contributed by atoms with Gasteiger partial charge >= 0.3 is 0 Å². The maximum absolute atomic E-state index is 10.1. The summed E-state index contributed by atoms with van der Waals surface area (Å²) in [6.07, 6.45) is -2.13. The molecule has 2 N–H and O–H groups in total. The lowest BCUT2D eigenvalue weighted by atomic mass is 10.2. The normalized spacial score (nSPS) is 12.0. The molecule has 24 heteroatoms. The van der Waals surface area contributed by atoms with Crippen LogP contribution in [-0.4, -0.2) is 112 Å². The van der Waals surface area contributed by atoms with Crippen LogP contribution in [0.1, 0.15) is 10.4 Å². The lowest BCUT2D eigenvalue weighted by Gasteiger charge is -2.12. The Kier molecular flexibility index (Phi) is 28.5. The van der Waals surface area contributed by atoms with Crippen LogP contribution in [0.15, 0.2) is 30.3 Å². The van der Waals surface area contributed by atoms with Gasteiger partial charge in [0.15, 0.2) is 0 Å². The number of hydrogen-bond acceptors (Lipinski definition) is 20. The Labute approximate surface area is 259 Å². The van der Waals surface area contributed by atoms with Gasteiger partial charge in [-0.15, -0.1) is 40.5 Å². The van der Waals surface area contributed by atoms with Gasteiger partial charge in [-0.25, -0.2) is 0 Å². The third-order valence-corrected chi connectivity index (χ3v) is 8.53. The fourth-order valence-corrected chi connectivity index (χ4v) is 6.13. The van der Waals surface area contributed by atoms with Gasteiger partial charge in [-0.1, -0.05) is 73.5 Å². The zero-order valence-corrected chi connectivity index (χ0v) is 25.7. The number of carbonyl (C=O) groups excluding carboxylic acids is 1. The van der Waals surface area contributed by atoms with E-state index in [1.54, 1.807) is 19.2 Å². The van der Waals surface area contributed by atoms with Crippen molar-refractivity contribution in [3.63, 3.8) is 0 Å². The van der Waals surface area contributed by atoms with Crippen molar-refractivity contribution in [1.82, 2.24) is 0 Å². The van der Waals surface area contributed by atoms with Gasteiger partial charge in [0.05, 0.1) is 18.8 Å². The van der Waals surface area contributed by atoms with E-state index in [4.69, 9.17) is 4.74 Å². The summed E-state index contributed by atoms with van der Waals surface area (Å²) in [6, 6.07) is 9.10. The number of nitrogens with zero attached hydrogens (tertiary/aromatic N) is 4. The molecular weight excluding hydrogens is 668 g/mol. The third kappa shape index (κ3) is 33.3. The summed E-state index contributed by atoms with van der Waals surface area (Å²) in [7, 11) is 6.60. The van der Waals surface area contributed by atoms with Gasteiger partial charge < -0.3 is 34.3 Å². The molecule has 0 aliphatic carbocycles. The van der Waals surface area contributed by atoms with E-state index < -0.39 is 58.5 Å². The van der Waals surface area contributed by atoms with Crippen LogP contribution in [0.25, 0.3) is 0 Å². The summed E-state index contributed by atoms with van der Waals surface area (Å²) in [6.45, 7) is -0.753. The van der Waals surface area contributed by atoms with Crippen molar-refractivity contribution in [3.8, 4) is 0 Å². The van der Waals surface area contributed by atoms with E-state index in [-0.39, 0.29) is 17.3 Å². The molecule has 20 nitrogen and oxygen atoms in total. The minimum absolute atomic E-state index is 0.168. The third-order valence-electron chi connectivity index (χ3n) is 3.59. The van der Waals surface area contributed by atoms with E-state index in [0.717, 1.165) is 33.4 Å². The predicted octanol–water partition coefficient (Wildman–Crippen LogP) is 1.80. The number of carbonyl (C=O) groups is 1. The average Bonchev–Trinajstić information content (AvgIpc) is 2.96. The molecule has 0 bridgehead atoms. The first-order valence-corrected chi connectivity index (χ1v) is 16.4. The number of benzene rings is 1. The lowest BCUT2D eigenvalue weighted by molar-refractivity contribution is -0.788. The van der Waals surface area contributed by atoms with Crippen molar-refractivity contribution in [1.29, 1.82) is 0 Å². The van der Waals surface area contributed by atoms with E-state index >= 15 is 0 Å². The SMILES string of the molecule is COCCSSCC(CO[N+](=O)[O-])O[N+](=O)[O-].O=Cc1ccccc1.O=[N+]([O-])OCC(O)CSSCC(O)CO[N+](=O)[O-]. The fraction of sp³-hybridized carbons (Fsp3) is 0.632. The van der Waals surface area contributed by atoms with Gasteiger partial charge in [0, 0.05) is 35.7 Å². The lowest BCUT2D eigenvalue weighted by Crippen LogP contribution is -2.26. The average molecular weight is 699 g/mol. The first-order valence-electron chi connectivity index (χ1n) is 11.4. The fourth-order valence-electron chi connectivity index (χ4n) is 1.85. The predicted molar refractivity (Wildman–Crippen MR) is 156 cm³/mol. The second-order valence-corrected chi connectivity index (χ2v) is 12.2. The molecule has 3 unspecified atom stereocenters. The number of methoxy groups -OCH3 is 1. The monoisotopic (exact) mass is 698 g/mol. The minimum Gasteiger partial charge on any atom is -0.390 e. The molecule has 0 saturated carbocycles. The van der Waals surface area contributed by atoms with E-state index in [2.05, 4.69) is 19.4 Å². The van der Waals surface area contributed by atoms with Crippen LogP contribution in [0.5, 0.6) is 0 Å². The van der Waals surface area contributed by atoms with Crippen molar-refractivity contribution >= 4 is 49.5 Å². The Morgan fingerprint density at radius 2 is 1.21 bits per heavy atom. The topological polar surface area (TPSA) is 276 Å². The highest BCUT2D eigenvalue weighted by Gasteiger charge is 2.16. The molecule has 246 valence electrons. The standard InChI is InChI=1S/C7H6O.C6H12N2O8S2.C6H12N2O7S2/c8-6-7-4-2-1-3-5-7;9-5(1-15-7(11)12)3-17-18-4-6(10)2-16-8(13)14;1-13-2-3-16-17-5-6(15-8(11)12)4-14-7(9)10/h1-6H;5-6,9-10H,1-4H2;6H,2-5H2,1H3. The summed E-state index contributed by atoms with van der Waals surface area (Å²) in [5.74, 6) is 1.26. The Balaban J connectivity index is 0. The van der Waals surface area contributed by atoms with Gasteiger partial charge in [-0.2, -0.15) is 0 Å². The molecule has 1 aromatic rings. The molecule has 0 fully saturated rings. The number of hydrogen-bond donors (Lipinski definition) is 2. The summed E-state index contributed by atoms with van der Waals surface area (Å²) in [4.78, 5) is 65.8. The zero-order chi connectivity index (χ0) is 32.9. The Morgan fingerprint density at radius 1 is 0.744 bits per heavy atom. The van der Waals surface area contributed by atoms with E-state index in [1.807, 2.05) is 18.2 Å². The second kappa shape index (κ2) is 29.1. The van der Waals surface area contributed by atoms with Gasteiger partial charge in [-0.3, -0.25) is 4.79 Å². The first kappa shape index (κ1) is 42.1. The van der Waals surface area contributed by atoms with Gasteiger partial charge in [0.25, 0.3) is 20.3 Å². The molecule has 3 atom stereocenters. The zero-order valence-electron chi connectivity index (χ0n) is 22.4. The number of rotatable bonds is 23. The summed E-state index contributed by atoms with van der Waals surface area (Å²) < 4.78 is 4.80. The largest absolute Gasteiger partial charge is 0.390 e. The van der Waals surface area contributed by atoms with Gasteiger partial charge in [0.1, 0.15) is 32.2 Å². The van der Waals surface area contributed by atoms with E-state index in [0.29, 0.717) is 12.4 Å². The van der Waals surface area contributed by atoms with Crippen LogP contribution in [-0.2, 0) is 24.1 Å². The number of aliphatic hydroxyl groups is 2. The van der Waals surface area contributed by atoms with Crippen molar-refractivity contribution < 1.29 is 59.4 Å². The highest BCUT2D eigenvalue weighted by atomic mass is 33.1. The molecule has 43 heavy (non-hydrogen) atoms. The molecule has 0 heterocycles. The molecule has 0 spiro atoms. The first-order chi connectivity index (χ1) is 20.4. The van der Waals surface area contributed by atoms with Crippen molar-refractivity contribution in [2.75, 3.05) is 56.5 Å². The quantitative estimate of drug-likeness (QED) is 0.0541. The minimum atomic E-state index is -1.01. The van der Waals surface area contributed by atoms with E-state index in [1.165, 1.54) is 21.6 Å². The molecule has 0 amide bonds. The molecule has 1 rings (SSSR count). The molecule has 0 aliphatic heterocycles. The van der Waals surface area contributed by atoms with Gasteiger partial charge in [-0.05, 0) is 0 Å². The second-order valence-electron chi connectivity index (χ2n) is 7.01. The number of aldehydes is 1. The van der Waals surface area contributed by atoms with Crippen molar-refractivity contribution in [3.05, 3.63) is 76.4 Å². The van der Waals surface area contributed by atoms with Crippen LogP contribution < -0.4 is 0 Å². The molecule has 0 aliphatic rings. The maximum Gasteiger partial charge on any atom is 0.294 e. The number of aliphatic hydroxyl groups excluding tert-OH is 2. The summed E-state index contributed by atoms with van der Waals surface area (Å²) in [5.41, 5.74) is 0.729. The van der Waals surface area contributed by atoms with Crippen LogP contribution in [0.4, 0.5) is 0 Å². The Morgan fingerprint density at radius 3 is 1.60 bits per heavy atom. The van der Waals surface area contributed by atoms with Crippen LogP contribution >= 0.6 is 43.2 Å². The van der Waals surface area contributed by atoms with Gasteiger partial charge in [0.2, 0.25) is 0 Å². The van der Waals surface area contributed by atoms with Crippen LogP contribution in [0.3, 0.4) is 0 Å². The highest BCUT2D eigenvalue weighted by molar-refractivity contribution is 8.77. The summed E-state index contributed by atoms with van der Waals surface area (Å²) in [5, 5.41) is 54.1. The molecule has 1 aromatic carbocycles. The number of ether oxygens (including phenoxy) is 1. The maximum atomic E-state index is 10.1. The van der Waals surface area contributed by atoms with Crippen molar-refractivity contribution in [2.45, 2.75) is 18.3 Å². The smallest absolute Gasteiger partial charge is 0.294 e. The van der Waals surface area contributed by atoms with Crippen molar-refractivity contribution in [2.24, 2.45) is 0 Å². The van der Waals surface area contributed by atoms with Crippen LogP contribution in [0, 0.1) is 40.5 Å². The Hall–Kier alpha value is -3.03. The highest BCUT2D eigenvalue weighted by Crippen LogP contribution is 2.23. The van der Waals surface area contributed by atoms with E-state index in [9.17, 15) is 55.5 Å². The Bertz CT molecular complexity index is 885. The summed E-state index contributed by atoms with van der Waals surface area (Å²) >= 11 is 0.